The van der Waals surface area contributed by atoms with E-state index in [0.29, 0.717) is 22.6 Å². The normalized spacial score (nSPS) is 13.5. The van der Waals surface area contributed by atoms with E-state index in [9.17, 15) is 22.8 Å². The lowest BCUT2D eigenvalue weighted by molar-refractivity contribution is -0.137. The highest BCUT2D eigenvalue weighted by Crippen LogP contribution is 2.31. The lowest BCUT2D eigenvalue weighted by Crippen LogP contribution is -2.41. The van der Waals surface area contributed by atoms with Crippen molar-refractivity contribution in [1.82, 2.24) is 10.2 Å². The number of nitrogens with one attached hydrogen (secondary N) is 1. The van der Waals surface area contributed by atoms with Gasteiger partial charge in [0.05, 0.1) is 26.3 Å². The minimum atomic E-state index is -4.40. The number of alkyl halides is 3. The minimum absolute atomic E-state index is 0.0350. The summed E-state index contributed by atoms with van der Waals surface area (Å²) in [4.78, 5) is 26.7. The SMILES string of the molecule is COc1ccc(C(=O)NCC(=O)N(Cc2ccc(C(F)(F)F)cc2)C2CC2)cc1OC. The van der Waals surface area contributed by atoms with Crippen LogP contribution in [0.15, 0.2) is 42.5 Å². The van der Waals surface area contributed by atoms with Crippen molar-refractivity contribution in [3.05, 3.63) is 59.2 Å². The third-order valence-electron chi connectivity index (χ3n) is 4.99. The number of hydrogen-bond acceptors (Lipinski definition) is 4. The van der Waals surface area contributed by atoms with Crippen LogP contribution in [-0.4, -0.2) is 43.5 Å². The molecule has 3 rings (SSSR count). The molecule has 1 saturated carbocycles. The van der Waals surface area contributed by atoms with Gasteiger partial charge in [0.15, 0.2) is 11.5 Å². The Bertz CT molecular complexity index is 941. The van der Waals surface area contributed by atoms with Crippen molar-refractivity contribution in [3.8, 4) is 11.5 Å². The molecule has 2 amide bonds. The Morgan fingerprint density at radius 2 is 1.68 bits per heavy atom. The van der Waals surface area contributed by atoms with Crippen LogP contribution in [0.2, 0.25) is 0 Å². The second-order valence-electron chi connectivity index (χ2n) is 7.20. The molecule has 0 unspecified atom stereocenters. The quantitative estimate of drug-likeness (QED) is 0.686. The zero-order chi connectivity index (χ0) is 22.6. The van der Waals surface area contributed by atoms with Crippen LogP contribution < -0.4 is 14.8 Å². The Morgan fingerprint density at radius 3 is 2.23 bits per heavy atom. The van der Waals surface area contributed by atoms with E-state index in [4.69, 9.17) is 9.47 Å². The Hall–Kier alpha value is -3.23. The van der Waals surface area contributed by atoms with Gasteiger partial charge in [0.2, 0.25) is 5.91 Å². The van der Waals surface area contributed by atoms with Gasteiger partial charge in [0.25, 0.3) is 5.91 Å². The van der Waals surface area contributed by atoms with Gasteiger partial charge in [-0.05, 0) is 48.7 Å². The van der Waals surface area contributed by atoms with Crippen LogP contribution in [-0.2, 0) is 17.5 Å². The first-order chi connectivity index (χ1) is 14.7. The molecule has 0 aliphatic heterocycles. The van der Waals surface area contributed by atoms with E-state index in [1.165, 1.54) is 32.4 Å². The van der Waals surface area contributed by atoms with Crippen molar-refractivity contribution >= 4 is 11.8 Å². The first-order valence-electron chi connectivity index (χ1n) is 9.68. The highest BCUT2D eigenvalue weighted by Gasteiger charge is 2.33. The molecule has 0 heterocycles. The molecule has 1 aliphatic rings. The van der Waals surface area contributed by atoms with Gasteiger partial charge in [-0.1, -0.05) is 12.1 Å². The van der Waals surface area contributed by atoms with Crippen molar-refractivity contribution < 1.29 is 32.2 Å². The number of rotatable bonds is 8. The number of methoxy groups -OCH3 is 2. The Kier molecular flexibility index (Phi) is 6.72. The number of carbonyl (C=O) groups is 2. The van der Waals surface area contributed by atoms with E-state index in [1.807, 2.05) is 0 Å². The molecule has 1 fully saturated rings. The third-order valence-corrected chi connectivity index (χ3v) is 4.99. The molecule has 2 aromatic rings. The lowest BCUT2D eigenvalue weighted by atomic mass is 10.1. The van der Waals surface area contributed by atoms with E-state index >= 15 is 0 Å². The van der Waals surface area contributed by atoms with Crippen LogP contribution in [0.1, 0.15) is 34.3 Å². The van der Waals surface area contributed by atoms with E-state index in [0.717, 1.165) is 25.0 Å². The van der Waals surface area contributed by atoms with Gasteiger partial charge in [-0.3, -0.25) is 9.59 Å². The maximum atomic E-state index is 12.7. The van der Waals surface area contributed by atoms with Gasteiger partial charge in [-0.25, -0.2) is 0 Å². The molecule has 0 saturated heterocycles. The van der Waals surface area contributed by atoms with Crippen molar-refractivity contribution in [2.45, 2.75) is 31.6 Å². The molecule has 2 aromatic carbocycles. The maximum Gasteiger partial charge on any atom is 0.416 e. The molecule has 31 heavy (non-hydrogen) atoms. The van der Waals surface area contributed by atoms with Gasteiger partial charge in [0, 0.05) is 18.2 Å². The van der Waals surface area contributed by atoms with E-state index in [1.54, 1.807) is 17.0 Å². The summed E-state index contributed by atoms with van der Waals surface area (Å²) in [7, 11) is 2.94. The van der Waals surface area contributed by atoms with Crippen LogP contribution in [0.3, 0.4) is 0 Å². The van der Waals surface area contributed by atoms with E-state index in [2.05, 4.69) is 5.32 Å². The summed E-state index contributed by atoms with van der Waals surface area (Å²) in [5, 5.41) is 2.59. The summed E-state index contributed by atoms with van der Waals surface area (Å²) in [6.45, 7) is -0.0296. The number of ether oxygens (including phenoxy) is 2. The topological polar surface area (TPSA) is 67.9 Å². The molecule has 166 valence electrons. The average molecular weight is 436 g/mol. The maximum absolute atomic E-state index is 12.7. The summed E-state index contributed by atoms with van der Waals surface area (Å²) in [5.41, 5.74) is 0.174. The number of nitrogens with zero attached hydrogens (tertiary/aromatic N) is 1. The Morgan fingerprint density at radius 1 is 1.03 bits per heavy atom. The zero-order valence-corrected chi connectivity index (χ0v) is 17.2. The van der Waals surface area contributed by atoms with Crippen LogP contribution in [0.5, 0.6) is 11.5 Å². The number of benzene rings is 2. The summed E-state index contributed by atoms with van der Waals surface area (Å²) < 4.78 is 48.5. The highest BCUT2D eigenvalue weighted by molar-refractivity contribution is 5.97. The van der Waals surface area contributed by atoms with Gasteiger partial charge < -0.3 is 19.7 Å². The third kappa shape index (κ3) is 5.68. The number of amides is 2. The van der Waals surface area contributed by atoms with Crippen molar-refractivity contribution in [2.75, 3.05) is 20.8 Å². The molecule has 0 aromatic heterocycles. The molecular formula is C22H23F3N2O4. The number of halogens is 3. The predicted molar refractivity (Wildman–Crippen MR) is 107 cm³/mol. The molecule has 6 nitrogen and oxygen atoms in total. The molecule has 0 bridgehead atoms. The number of carbonyl (C=O) groups excluding carboxylic acids is 2. The van der Waals surface area contributed by atoms with Crippen molar-refractivity contribution in [1.29, 1.82) is 0 Å². The van der Waals surface area contributed by atoms with E-state index in [-0.39, 0.29) is 25.0 Å². The van der Waals surface area contributed by atoms with Crippen molar-refractivity contribution in [2.24, 2.45) is 0 Å². The summed E-state index contributed by atoms with van der Waals surface area (Å²) in [6, 6.07) is 9.44. The Balaban J connectivity index is 1.62. The van der Waals surface area contributed by atoms with E-state index < -0.39 is 17.6 Å². The summed E-state index contributed by atoms with van der Waals surface area (Å²) in [6.07, 6.45) is -2.75. The smallest absolute Gasteiger partial charge is 0.416 e. The Labute approximate surface area is 177 Å². The van der Waals surface area contributed by atoms with Gasteiger partial charge in [-0.2, -0.15) is 13.2 Å². The number of hydrogen-bond donors (Lipinski definition) is 1. The standard InChI is InChI=1S/C22H23F3N2O4/c1-30-18-10-5-15(11-19(18)31-2)21(29)26-12-20(28)27(17-8-9-17)13-14-3-6-16(7-4-14)22(23,24)25/h3-7,10-11,17H,8-9,12-13H2,1-2H3,(H,26,29). The zero-order valence-electron chi connectivity index (χ0n) is 17.2. The average Bonchev–Trinajstić information content (AvgIpc) is 3.60. The van der Waals surface area contributed by atoms with Crippen molar-refractivity contribution in [3.63, 3.8) is 0 Å². The molecule has 0 spiro atoms. The first kappa shape index (κ1) is 22.5. The van der Waals surface area contributed by atoms with Gasteiger partial charge >= 0.3 is 6.18 Å². The van der Waals surface area contributed by atoms with Crippen LogP contribution in [0.4, 0.5) is 13.2 Å². The van der Waals surface area contributed by atoms with Crippen LogP contribution >= 0.6 is 0 Å². The highest BCUT2D eigenvalue weighted by atomic mass is 19.4. The fraction of sp³-hybridized carbons (Fsp3) is 0.364. The van der Waals surface area contributed by atoms with Crippen LogP contribution in [0.25, 0.3) is 0 Å². The van der Waals surface area contributed by atoms with Gasteiger partial charge in [0.1, 0.15) is 0 Å². The fourth-order valence-corrected chi connectivity index (χ4v) is 3.14. The van der Waals surface area contributed by atoms with Gasteiger partial charge in [-0.15, -0.1) is 0 Å². The lowest BCUT2D eigenvalue weighted by Gasteiger charge is -2.23. The minimum Gasteiger partial charge on any atom is -0.493 e. The fourth-order valence-electron chi connectivity index (χ4n) is 3.14. The molecule has 1 N–H and O–H groups in total. The molecule has 0 radical (unpaired) electrons. The summed E-state index contributed by atoms with van der Waals surface area (Å²) in [5.74, 6) is 0.130. The monoisotopic (exact) mass is 436 g/mol. The first-order valence-corrected chi connectivity index (χ1v) is 9.68. The molecule has 0 atom stereocenters. The second-order valence-corrected chi connectivity index (χ2v) is 7.20. The predicted octanol–water partition coefficient (Wildman–Crippen LogP) is 3.64. The molecule has 9 heteroatoms. The second kappa shape index (κ2) is 9.28. The molecule has 1 aliphatic carbocycles. The van der Waals surface area contributed by atoms with Crippen LogP contribution in [0, 0.1) is 0 Å². The molecular weight excluding hydrogens is 413 g/mol. The largest absolute Gasteiger partial charge is 0.493 e. The summed E-state index contributed by atoms with van der Waals surface area (Å²) >= 11 is 0.